The van der Waals surface area contributed by atoms with Crippen molar-refractivity contribution < 1.29 is 4.79 Å². The highest BCUT2D eigenvalue weighted by Gasteiger charge is 2.20. The van der Waals surface area contributed by atoms with Crippen LogP contribution in [0.4, 0.5) is 0 Å². The number of nitrogens with one attached hydrogen (secondary N) is 1. The summed E-state index contributed by atoms with van der Waals surface area (Å²) in [5, 5.41) is 3.63. The van der Waals surface area contributed by atoms with E-state index in [0.29, 0.717) is 11.7 Å². The van der Waals surface area contributed by atoms with Crippen molar-refractivity contribution in [2.24, 2.45) is 0 Å². The number of hydrogen-bond donors (Lipinski definition) is 1. The van der Waals surface area contributed by atoms with Crippen LogP contribution in [0.3, 0.4) is 0 Å². The molecule has 0 aromatic carbocycles. The van der Waals surface area contributed by atoms with E-state index in [1.54, 1.807) is 19.2 Å². The number of carbonyl (C=O) groups excluding carboxylic acids is 1. The topological polar surface area (TPSA) is 42.0 Å². The molecule has 0 aliphatic heterocycles. The maximum atomic E-state index is 10.9. The SMILES string of the molecule is CC(=O)CNC(C)(C)c1ccnc(Cl)c1. The largest absolute Gasteiger partial charge is 0.301 e. The van der Waals surface area contributed by atoms with Gasteiger partial charge in [0, 0.05) is 11.7 Å². The third-order valence-electron chi connectivity index (χ3n) is 2.23. The number of nitrogens with zero attached hydrogens (tertiary/aromatic N) is 1. The Labute approximate surface area is 94.9 Å². The number of hydrogen-bond acceptors (Lipinski definition) is 3. The van der Waals surface area contributed by atoms with Crippen molar-refractivity contribution in [1.29, 1.82) is 0 Å². The number of carbonyl (C=O) groups is 1. The van der Waals surface area contributed by atoms with Gasteiger partial charge in [0.15, 0.2) is 0 Å². The van der Waals surface area contributed by atoms with Crippen LogP contribution in [0.25, 0.3) is 0 Å². The summed E-state index contributed by atoms with van der Waals surface area (Å²) in [5.41, 5.74) is 0.738. The summed E-state index contributed by atoms with van der Waals surface area (Å²) in [6.45, 7) is 5.92. The van der Waals surface area contributed by atoms with Gasteiger partial charge < -0.3 is 5.32 Å². The second kappa shape index (κ2) is 4.73. The molecular formula is C11H15ClN2O. The summed E-state index contributed by atoms with van der Waals surface area (Å²) in [7, 11) is 0. The quantitative estimate of drug-likeness (QED) is 0.800. The highest BCUT2D eigenvalue weighted by atomic mass is 35.5. The molecule has 1 heterocycles. The van der Waals surface area contributed by atoms with Crippen molar-refractivity contribution >= 4 is 17.4 Å². The Balaban J connectivity index is 2.80. The van der Waals surface area contributed by atoms with Crippen molar-refractivity contribution in [1.82, 2.24) is 10.3 Å². The van der Waals surface area contributed by atoms with Crippen LogP contribution in [0.5, 0.6) is 0 Å². The molecule has 1 aromatic rings. The fourth-order valence-electron chi connectivity index (χ4n) is 1.24. The molecule has 0 saturated carbocycles. The fourth-order valence-corrected chi connectivity index (χ4v) is 1.41. The van der Waals surface area contributed by atoms with Crippen LogP contribution < -0.4 is 5.32 Å². The predicted molar refractivity (Wildman–Crippen MR) is 61.0 cm³/mol. The van der Waals surface area contributed by atoms with Gasteiger partial charge in [0.1, 0.15) is 10.9 Å². The summed E-state index contributed by atoms with van der Waals surface area (Å²) in [5.74, 6) is 0.114. The van der Waals surface area contributed by atoms with Crippen molar-refractivity contribution in [2.45, 2.75) is 26.3 Å². The number of Topliss-reactive ketones (excluding diaryl/α,β-unsaturated/α-hetero) is 1. The van der Waals surface area contributed by atoms with Gasteiger partial charge in [0.25, 0.3) is 0 Å². The van der Waals surface area contributed by atoms with E-state index in [-0.39, 0.29) is 11.3 Å². The van der Waals surface area contributed by atoms with Crippen LogP contribution in [-0.2, 0) is 10.3 Å². The molecular weight excluding hydrogens is 212 g/mol. The molecule has 0 spiro atoms. The Morgan fingerprint density at radius 3 is 2.80 bits per heavy atom. The lowest BCUT2D eigenvalue weighted by Gasteiger charge is -2.26. The molecule has 1 aromatic heterocycles. The van der Waals surface area contributed by atoms with Gasteiger partial charge in [-0.3, -0.25) is 4.79 Å². The van der Waals surface area contributed by atoms with E-state index in [4.69, 9.17) is 11.6 Å². The third-order valence-corrected chi connectivity index (χ3v) is 2.43. The smallest absolute Gasteiger partial charge is 0.143 e. The van der Waals surface area contributed by atoms with Crippen LogP contribution in [-0.4, -0.2) is 17.3 Å². The second-order valence-electron chi connectivity index (χ2n) is 4.05. The van der Waals surface area contributed by atoms with E-state index >= 15 is 0 Å². The first kappa shape index (κ1) is 12.1. The maximum absolute atomic E-state index is 10.9. The van der Waals surface area contributed by atoms with Gasteiger partial charge in [-0.2, -0.15) is 0 Å². The minimum absolute atomic E-state index is 0.114. The Morgan fingerprint density at radius 2 is 2.27 bits per heavy atom. The molecule has 15 heavy (non-hydrogen) atoms. The van der Waals surface area contributed by atoms with Gasteiger partial charge in [-0.25, -0.2) is 4.98 Å². The lowest BCUT2D eigenvalue weighted by Crippen LogP contribution is -2.39. The highest BCUT2D eigenvalue weighted by molar-refractivity contribution is 6.29. The minimum atomic E-state index is -0.280. The zero-order valence-electron chi connectivity index (χ0n) is 9.17. The molecule has 82 valence electrons. The summed E-state index contributed by atoms with van der Waals surface area (Å²) >= 11 is 5.81. The Hall–Kier alpha value is -0.930. The first-order valence-corrected chi connectivity index (χ1v) is 5.16. The van der Waals surface area contributed by atoms with Crippen molar-refractivity contribution in [3.63, 3.8) is 0 Å². The first-order chi connectivity index (χ1) is 6.92. The fraction of sp³-hybridized carbons (Fsp3) is 0.455. The molecule has 3 nitrogen and oxygen atoms in total. The van der Waals surface area contributed by atoms with E-state index in [1.165, 1.54) is 0 Å². The Kier molecular flexibility index (Phi) is 3.83. The molecule has 4 heteroatoms. The normalized spacial score (nSPS) is 11.5. The van der Waals surface area contributed by atoms with Gasteiger partial charge in [0.05, 0.1) is 6.54 Å². The second-order valence-corrected chi connectivity index (χ2v) is 4.44. The zero-order valence-corrected chi connectivity index (χ0v) is 9.93. The van der Waals surface area contributed by atoms with Crippen molar-refractivity contribution in [3.8, 4) is 0 Å². The third kappa shape index (κ3) is 3.61. The number of halogens is 1. The van der Waals surface area contributed by atoms with Crippen LogP contribution in [0.15, 0.2) is 18.3 Å². The van der Waals surface area contributed by atoms with Crippen molar-refractivity contribution in [2.75, 3.05) is 6.54 Å². The molecule has 0 bridgehead atoms. The van der Waals surface area contributed by atoms with Crippen LogP contribution in [0.2, 0.25) is 5.15 Å². The van der Waals surface area contributed by atoms with Gasteiger partial charge in [-0.1, -0.05) is 11.6 Å². The average molecular weight is 227 g/mol. The summed E-state index contributed by atoms with van der Waals surface area (Å²) < 4.78 is 0. The molecule has 0 unspecified atom stereocenters. The number of rotatable bonds is 4. The molecule has 0 amide bonds. The standard InChI is InChI=1S/C11H15ClN2O/c1-8(15)7-14-11(2,3)9-4-5-13-10(12)6-9/h4-6,14H,7H2,1-3H3. The van der Waals surface area contributed by atoms with Crippen LogP contribution in [0.1, 0.15) is 26.3 Å². The first-order valence-electron chi connectivity index (χ1n) is 4.78. The summed E-state index contributed by atoms with van der Waals surface area (Å²) in [6, 6.07) is 3.69. The van der Waals surface area contributed by atoms with Crippen molar-refractivity contribution in [3.05, 3.63) is 29.0 Å². The molecule has 0 aliphatic rings. The van der Waals surface area contributed by atoms with E-state index in [1.807, 2.05) is 19.9 Å². The summed E-state index contributed by atoms with van der Waals surface area (Å²) in [4.78, 5) is 14.8. The Morgan fingerprint density at radius 1 is 1.60 bits per heavy atom. The molecule has 0 fully saturated rings. The number of pyridine rings is 1. The molecule has 0 saturated heterocycles. The minimum Gasteiger partial charge on any atom is -0.301 e. The molecule has 1 N–H and O–H groups in total. The predicted octanol–water partition coefficient (Wildman–Crippen LogP) is 2.15. The van der Waals surface area contributed by atoms with Gasteiger partial charge in [-0.15, -0.1) is 0 Å². The van der Waals surface area contributed by atoms with Gasteiger partial charge in [0.2, 0.25) is 0 Å². The van der Waals surface area contributed by atoms with Crippen LogP contribution in [0, 0.1) is 0 Å². The van der Waals surface area contributed by atoms with E-state index in [2.05, 4.69) is 10.3 Å². The number of aromatic nitrogens is 1. The highest BCUT2D eigenvalue weighted by Crippen LogP contribution is 2.21. The van der Waals surface area contributed by atoms with E-state index in [0.717, 1.165) is 5.56 Å². The lowest BCUT2D eigenvalue weighted by atomic mass is 9.95. The lowest BCUT2D eigenvalue weighted by molar-refractivity contribution is -0.116. The number of ketones is 1. The molecule has 0 atom stereocenters. The zero-order chi connectivity index (χ0) is 11.5. The summed E-state index contributed by atoms with van der Waals surface area (Å²) in [6.07, 6.45) is 1.66. The molecule has 1 rings (SSSR count). The average Bonchev–Trinajstić information content (AvgIpc) is 2.15. The Bertz CT molecular complexity index is 363. The van der Waals surface area contributed by atoms with Gasteiger partial charge in [-0.05, 0) is 38.5 Å². The maximum Gasteiger partial charge on any atom is 0.143 e. The van der Waals surface area contributed by atoms with E-state index in [9.17, 15) is 4.79 Å². The molecule has 0 radical (unpaired) electrons. The van der Waals surface area contributed by atoms with Crippen LogP contribution >= 0.6 is 11.6 Å². The molecule has 0 aliphatic carbocycles. The van der Waals surface area contributed by atoms with E-state index < -0.39 is 0 Å². The monoisotopic (exact) mass is 226 g/mol. The van der Waals surface area contributed by atoms with Gasteiger partial charge >= 0.3 is 0 Å².